The van der Waals surface area contributed by atoms with Crippen molar-refractivity contribution in [2.75, 3.05) is 38.6 Å². The van der Waals surface area contributed by atoms with Gasteiger partial charge >= 0.3 is 6.03 Å². The van der Waals surface area contributed by atoms with Crippen molar-refractivity contribution in [1.82, 2.24) is 9.80 Å². The van der Waals surface area contributed by atoms with Gasteiger partial charge < -0.3 is 15.0 Å². The fraction of sp³-hybridized carbons (Fsp3) is 0.316. The van der Waals surface area contributed by atoms with Crippen LogP contribution in [0.2, 0.25) is 10.0 Å². The number of carbonyl (C=O) groups is 1. The van der Waals surface area contributed by atoms with Gasteiger partial charge in [0.2, 0.25) is 0 Å². The van der Waals surface area contributed by atoms with E-state index >= 15 is 0 Å². The standard InChI is InChI=1S/C19H21Cl2N3O2/c1-26-18-4-2-14(3-5-18)13-23-6-8-24(9-7-23)19(25)22-17-11-15(20)10-16(21)12-17/h2-5,10-12H,6-9,13H2,1H3,(H,22,25). The molecule has 1 fully saturated rings. The van der Waals surface area contributed by atoms with E-state index in [9.17, 15) is 4.79 Å². The number of piperazine rings is 1. The zero-order chi connectivity index (χ0) is 18.5. The second kappa shape index (κ2) is 8.62. The smallest absolute Gasteiger partial charge is 0.321 e. The second-order valence-corrected chi connectivity index (χ2v) is 7.07. The van der Waals surface area contributed by atoms with E-state index in [1.54, 1.807) is 30.2 Å². The van der Waals surface area contributed by atoms with Gasteiger partial charge in [0.15, 0.2) is 0 Å². The molecule has 2 aromatic carbocycles. The first-order valence-electron chi connectivity index (χ1n) is 8.41. The number of anilines is 1. The van der Waals surface area contributed by atoms with Gasteiger partial charge in [0.05, 0.1) is 7.11 Å². The molecule has 1 N–H and O–H groups in total. The summed E-state index contributed by atoms with van der Waals surface area (Å²) in [5, 5.41) is 3.85. The number of nitrogens with one attached hydrogen (secondary N) is 1. The van der Waals surface area contributed by atoms with Gasteiger partial charge in [-0.2, -0.15) is 0 Å². The molecule has 0 radical (unpaired) electrons. The van der Waals surface area contributed by atoms with Crippen molar-refractivity contribution in [3.05, 3.63) is 58.1 Å². The summed E-state index contributed by atoms with van der Waals surface area (Å²) < 4.78 is 5.18. The number of halogens is 2. The Labute approximate surface area is 163 Å². The van der Waals surface area contributed by atoms with Crippen LogP contribution in [0.1, 0.15) is 5.56 Å². The summed E-state index contributed by atoms with van der Waals surface area (Å²) >= 11 is 11.9. The topological polar surface area (TPSA) is 44.8 Å². The van der Waals surface area contributed by atoms with E-state index in [2.05, 4.69) is 22.3 Å². The zero-order valence-corrected chi connectivity index (χ0v) is 16.1. The number of hydrogen-bond acceptors (Lipinski definition) is 3. The van der Waals surface area contributed by atoms with Gasteiger partial charge in [-0.05, 0) is 35.9 Å². The summed E-state index contributed by atoms with van der Waals surface area (Å²) in [7, 11) is 1.66. The molecule has 26 heavy (non-hydrogen) atoms. The van der Waals surface area contributed by atoms with Crippen LogP contribution >= 0.6 is 23.2 Å². The summed E-state index contributed by atoms with van der Waals surface area (Å²) in [5.41, 5.74) is 1.84. The molecule has 1 aliphatic rings. The molecule has 7 heteroatoms. The van der Waals surface area contributed by atoms with Crippen molar-refractivity contribution in [3.8, 4) is 5.75 Å². The SMILES string of the molecule is COc1ccc(CN2CCN(C(=O)Nc3cc(Cl)cc(Cl)c3)CC2)cc1. The molecular weight excluding hydrogens is 373 g/mol. The van der Waals surface area contributed by atoms with Gasteiger partial charge in [-0.25, -0.2) is 4.79 Å². The van der Waals surface area contributed by atoms with Gasteiger partial charge in [0.1, 0.15) is 5.75 Å². The van der Waals surface area contributed by atoms with Gasteiger partial charge in [-0.15, -0.1) is 0 Å². The number of ether oxygens (including phenoxy) is 1. The quantitative estimate of drug-likeness (QED) is 0.839. The molecule has 3 rings (SSSR count). The molecule has 0 atom stereocenters. The van der Waals surface area contributed by atoms with Gasteiger partial charge in [-0.1, -0.05) is 35.3 Å². The Morgan fingerprint density at radius 2 is 1.65 bits per heavy atom. The number of benzene rings is 2. The third kappa shape index (κ3) is 5.04. The molecule has 5 nitrogen and oxygen atoms in total. The molecule has 0 aliphatic carbocycles. The number of methoxy groups -OCH3 is 1. The third-order valence-electron chi connectivity index (χ3n) is 4.34. The number of rotatable bonds is 4. The third-order valence-corrected chi connectivity index (χ3v) is 4.78. The number of carbonyl (C=O) groups excluding carboxylic acids is 1. The number of hydrogen-bond donors (Lipinski definition) is 1. The van der Waals surface area contributed by atoms with Crippen LogP contribution in [-0.4, -0.2) is 49.1 Å². The van der Waals surface area contributed by atoms with Crippen LogP contribution in [0.25, 0.3) is 0 Å². The molecule has 2 amide bonds. The molecule has 0 spiro atoms. The van der Waals surface area contributed by atoms with E-state index in [0.29, 0.717) is 28.8 Å². The molecule has 2 aromatic rings. The van der Waals surface area contributed by atoms with Crippen LogP contribution in [0, 0.1) is 0 Å². The first-order chi connectivity index (χ1) is 12.5. The molecule has 138 valence electrons. The largest absolute Gasteiger partial charge is 0.497 e. The fourth-order valence-corrected chi connectivity index (χ4v) is 3.45. The van der Waals surface area contributed by atoms with Crippen molar-refractivity contribution in [2.45, 2.75) is 6.54 Å². The number of nitrogens with zero attached hydrogens (tertiary/aromatic N) is 2. The molecule has 1 saturated heterocycles. The Hall–Kier alpha value is -1.95. The van der Waals surface area contributed by atoms with Crippen molar-refractivity contribution in [1.29, 1.82) is 0 Å². The Bertz CT molecular complexity index is 740. The normalized spacial score (nSPS) is 15.0. The van der Waals surface area contributed by atoms with E-state index in [1.165, 1.54) is 5.56 Å². The lowest BCUT2D eigenvalue weighted by Gasteiger charge is -2.34. The maximum Gasteiger partial charge on any atom is 0.321 e. The molecule has 1 aliphatic heterocycles. The van der Waals surface area contributed by atoms with Crippen molar-refractivity contribution >= 4 is 34.9 Å². The van der Waals surface area contributed by atoms with Crippen LogP contribution < -0.4 is 10.1 Å². The average Bonchev–Trinajstić information content (AvgIpc) is 2.62. The molecule has 0 saturated carbocycles. The summed E-state index contributed by atoms with van der Waals surface area (Å²) in [4.78, 5) is 16.6. The van der Waals surface area contributed by atoms with Crippen LogP contribution in [0.4, 0.5) is 10.5 Å². The van der Waals surface area contributed by atoms with Crippen LogP contribution in [-0.2, 0) is 6.54 Å². The zero-order valence-electron chi connectivity index (χ0n) is 14.5. The summed E-state index contributed by atoms with van der Waals surface area (Å²) in [6.45, 7) is 3.88. The van der Waals surface area contributed by atoms with E-state index in [1.807, 2.05) is 12.1 Å². The van der Waals surface area contributed by atoms with Gasteiger partial charge in [0.25, 0.3) is 0 Å². The Kier molecular flexibility index (Phi) is 6.25. The minimum Gasteiger partial charge on any atom is -0.497 e. The monoisotopic (exact) mass is 393 g/mol. The minimum atomic E-state index is -0.132. The predicted octanol–water partition coefficient (Wildman–Crippen LogP) is 4.35. The van der Waals surface area contributed by atoms with Crippen LogP contribution in [0.15, 0.2) is 42.5 Å². The van der Waals surface area contributed by atoms with E-state index < -0.39 is 0 Å². The highest BCUT2D eigenvalue weighted by molar-refractivity contribution is 6.35. The molecule has 0 unspecified atom stereocenters. The lowest BCUT2D eigenvalue weighted by atomic mass is 10.2. The summed E-state index contributed by atoms with van der Waals surface area (Å²) in [6, 6.07) is 13.0. The van der Waals surface area contributed by atoms with E-state index in [4.69, 9.17) is 27.9 Å². The molecule has 1 heterocycles. The average molecular weight is 394 g/mol. The van der Waals surface area contributed by atoms with E-state index in [0.717, 1.165) is 25.4 Å². The highest BCUT2D eigenvalue weighted by atomic mass is 35.5. The minimum absolute atomic E-state index is 0.132. The van der Waals surface area contributed by atoms with Crippen molar-refractivity contribution in [3.63, 3.8) is 0 Å². The maximum absolute atomic E-state index is 12.4. The molecule has 0 bridgehead atoms. The first-order valence-corrected chi connectivity index (χ1v) is 9.16. The summed E-state index contributed by atoms with van der Waals surface area (Å²) in [6.07, 6.45) is 0. The summed E-state index contributed by atoms with van der Waals surface area (Å²) in [5.74, 6) is 0.858. The van der Waals surface area contributed by atoms with Crippen molar-refractivity contribution in [2.24, 2.45) is 0 Å². The number of amides is 2. The Morgan fingerprint density at radius 3 is 2.23 bits per heavy atom. The predicted molar refractivity (Wildman–Crippen MR) is 105 cm³/mol. The van der Waals surface area contributed by atoms with Gasteiger partial charge in [-0.3, -0.25) is 4.90 Å². The number of urea groups is 1. The van der Waals surface area contributed by atoms with Gasteiger partial charge in [0, 0.05) is 48.5 Å². The first kappa shape index (κ1) is 18.8. The molecule has 0 aromatic heterocycles. The van der Waals surface area contributed by atoms with Crippen LogP contribution in [0.5, 0.6) is 5.75 Å². The lowest BCUT2D eigenvalue weighted by molar-refractivity contribution is 0.143. The van der Waals surface area contributed by atoms with Crippen LogP contribution in [0.3, 0.4) is 0 Å². The Morgan fingerprint density at radius 1 is 1.04 bits per heavy atom. The maximum atomic E-state index is 12.4. The fourth-order valence-electron chi connectivity index (χ4n) is 2.93. The highest BCUT2D eigenvalue weighted by Crippen LogP contribution is 2.23. The Balaban J connectivity index is 1.50. The van der Waals surface area contributed by atoms with E-state index in [-0.39, 0.29) is 6.03 Å². The molecular formula is C19H21Cl2N3O2. The second-order valence-electron chi connectivity index (χ2n) is 6.20. The van der Waals surface area contributed by atoms with Crippen molar-refractivity contribution < 1.29 is 9.53 Å². The highest BCUT2D eigenvalue weighted by Gasteiger charge is 2.21. The lowest BCUT2D eigenvalue weighted by Crippen LogP contribution is -2.49.